The van der Waals surface area contributed by atoms with E-state index in [2.05, 4.69) is 10.2 Å². The fourth-order valence-corrected chi connectivity index (χ4v) is 0.607. The van der Waals surface area contributed by atoms with Gasteiger partial charge in [0, 0.05) is 6.54 Å². The lowest BCUT2D eigenvalue weighted by Gasteiger charge is -2.09. The van der Waals surface area contributed by atoms with Crippen molar-refractivity contribution in [2.24, 2.45) is 0 Å². The van der Waals surface area contributed by atoms with Crippen LogP contribution >= 0.6 is 0 Å². The van der Waals surface area contributed by atoms with Gasteiger partial charge in [-0.05, 0) is 13.3 Å². The molecule has 0 aromatic rings. The molecule has 3 N–H and O–H groups in total. The quantitative estimate of drug-likeness (QED) is 0.434. The Balaban J connectivity index is 3.48. The molecule has 2 amide bonds. The van der Waals surface area contributed by atoms with Gasteiger partial charge in [-0.3, -0.25) is 4.84 Å². The Morgan fingerprint density at radius 1 is 1.50 bits per heavy atom. The van der Waals surface area contributed by atoms with Crippen LogP contribution < -0.4 is 10.8 Å². The Labute approximate surface area is 82.6 Å². The number of aliphatic carboxylic acids is 1. The predicted molar refractivity (Wildman–Crippen MR) is 49.6 cm³/mol. The van der Waals surface area contributed by atoms with Gasteiger partial charge in [-0.2, -0.15) is 0 Å². The molecule has 0 spiro atoms. The molecule has 0 saturated carbocycles. The highest BCUT2D eigenvalue weighted by Gasteiger charge is 2.12. The first-order valence-corrected chi connectivity index (χ1v) is 4.50. The average Bonchev–Trinajstić information content (AvgIpc) is 2.14. The first kappa shape index (κ1) is 12.7. The van der Waals surface area contributed by atoms with Crippen LogP contribution in [-0.4, -0.2) is 29.8 Å². The third-order valence-corrected chi connectivity index (χ3v) is 1.49. The molecule has 0 heterocycles. The van der Waals surface area contributed by atoms with Crippen LogP contribution in [0.15, 0.2) is 0 Å². The van der Waals surface area contributed by atoms with Crippen LogP contribution in [0.1, 0.15) is 26.7 Å². The van der Waals surface area contributed by atoms with Gasteiger partial charge in [-0.15, -0.1) is 0 Å². The first-order valence-electron chi connectivity index (χ1n) is 4.50. The molecule has 0 radical (unpaired) electrons. The van der Waals surface area contributed by atoms with Crippen molar-refractivity contribution in [3.63, 3.8) is 0 Å². The molecule has 0 aromatic carbocycles. The fourth-order valence-electron chi connectivity index (χ4n) is 0.607. The topological polar surface area (TPSA) is 87.7 Å². The second-order valence-electron chi connectivity index (χ2n) is 2.81. The zero-order chi connectivity index (χ0) is 11.0. The first-order chi connectivity index (χ1) is 6.57. The molecule has 0 aromatic heterocycles. The molecule has 0 aliphatic heterocycles. The van der Waals surface area contributed by atoms with E-state index in [4.69, 9.17) is 5.11 Å². The normalized spacial score (nSPS) is 11.9. The van der Waals surface area contributed by atoms with Crippen LogP contribution in [0, 0.1) is 0 Å². The van der Waals surface area contributed by atoms with Crippen molar-refractivity contribution in [2.45, 2.75) is 32.8 Å². The Kier molecular flexibility index (Phi) is 6.47. The summed E-state index contributed by atoms with van der Waals surface area (Å²) in [5, 5.41) is 10.9. The van der Waals surface area contributed by atoms with Crippen LogP contribution in [0.2, 0.25) is 0 Å². The van der Waals surface area contributed by atoms with E-state index in [0.29, 0.717) is 6.54 Å². The maximum absolute atomic E-state index is 10.9. The fraction of sp³-hybridized carbons (Fsp3) is 0.750. The number of unbranched alkanes of at least 4 members (excludes halogenated alkanes) is 1. The van der Waals surface area contributed by atoms with Gasteiger partial charge in [0.1, 0.15) is 0 Å². The van der Waals surface area contributed by atoms with Crippen molar-refractivity contribution in [1.82, 2.24) is 10.8 Å². The largest absolute Gasteiger partial charge is 0.479 e. The molecule has 6 heteroatoms. The summed E-state index contributed by atoms with van der Waals surface area (Å²) >= 11 is 0. The number of hydrogen-bond acceptors (Lipinski definition) is 3. The second-order valence-corrected chi connectivity index (χ2v) is 2.81. The number of urea groups is 1. The molecule has 0 aliphatic carbocycles. The van der Waals surface area contributed by atoms with Crippen molar-refractivity contribution in [3.05, 3.63) is 0 Å². The van der Waals surface area contributed by atoms with E-state index in [1.807, 2.05) is 12.4 Å². The van der Waals surface area contributed by atoms with Crippen molar-refractivity contribution < 1.29 is 19.5 Å². The van der Waals surface area contributed by atoms with Crippen LogP contribution in [0.3, 0.4) is 0 Å². The van der Waals surface area contributed by atoms with Crippen LogP contribution in [0.5, 0.6) is 0 Å². The zero-order valence-corrected chi connectivity index (χ0v) is 8.37. The molecule has 0 bridgehead atoms. The Bertz CT molecular complexity index is 196. The maximum Gasteiger partial charge on any atom is 0.338 e. The summed E-state index contributed by atoms with van der Waals surface area (Å²) in [6.07, 6.45) is 0.807. The maximum atomic E-state index is 10.9. The monoisotopic (exact) mass is 204 g/mol. The van der Waals surface area contributed by atoms with Crippen molar-refractivity contribution >= 4 is 12.0 Å². The summed E-state index contributed by atoms with van der Waals surface area (Å²) in [7, 11) is 0. The molecule has 0 saturated heterocycles. The van der Waals surface area contributed by atoms with Gasteiger partial charge >= 0.3 is 12.0 Å². The number of rotatable bonds is 6. The Morgan fingerprint density at radius 3 is 2.64 bits per heavy atom. The lowest BCUT2D eigenvalue weighted by atomic mass is 10.3. The lowest BCUT2D eigenvalue weighted by molar-refractivity contribution is -0.152. The molecule has 1 unspecified atom stereocenters. The standard InChI is InChI=1S/C8H16N2O4/c1-3-4-5-9-8(13)10-14-6(2)7(11)12/h6H,3-5H2,1-2H3,(H,11,12)(H2,9,10,13). The minimum absolute atomic E-state index is 0.522. The highest BCUT2D eigenvalue weighted by atomic mass is 16.7. The second kappa shape index (κ2) is 7.14. The van der Waals surface area contributed by atoms with Gasteiger partial charge in [0.15, 0.2) is 6.10 Å². The summed E-state index contributed by atoms with van der Waals surface area (Å²) in [6.45, 7) is 3.88. The molecule has 6 nitrogen and oxygen atoms in total. The van der Waals surface area contributed by atoms with E-state index in [0.717, 1.165) is 12.8 Å². The molecular weight excluding hydrogens is 188 g/mol. The summed E-state index contributed by atoms with van der Waals surface area (Å²) < 4.78 is 0. The van der Waals surface area contributed by atoms with Gasteiger partial charge in [0.05, 0.1) is 0 Å². The van der Waals surface area contributed by atoms with Crippen molar-refractivity contribution in [2.75, 3.05) is 6.54 Å². The van der Waals surface area contributed by atoms with Crippen LogP contribution in [0.4, 0.5) is 4.79 Å². The summed E-state index contributed by atoms with van der Waals surface area (Å²) in [4.78, 5) is 25.7. The molecular formula is C8H16N2O4. The number of carboxylic acids is 1. The van der Waals surface area contributed by atoms with Gasteiger partial charge in [0.2, 0.25) is 0 Å². The molecule has 1 atom stereocenters. The lowest BCUT2D eigenvalue weighted by Crippen LogP contribution is -2.39. The van der Waals surface area contributed by atoms with Gasteiger partial charge in [-0.25, -0.2) is 15.1 Å². The Morgan fingerprint density at radius 2 is 2.14 bits per heavy atom. The zero-order valence-electron chi connectivity index (χ0n) is 8.37. The number of nitrogens with one attached hydrogen (secondary N) is 2. The molecule has 82 valence electrons. The van der Waals surface area contributed by atoms with E-state index in [1.54, 1.807) is 0 Å². The molecule has 0 rings (SSSR count). The van der Waals surface area contributed by atoms with Crippen molar-refractivity contribution in [1.29, 1.82) is 0 Å². The SMILES string of the molecule is CCCCNC(=O)NOC(C)C(=O)O. The van der Waals surface area contributed by atoms with Crippen LogP contribution in [-0.2, 0) is 9.63 Å². The molecule has 0 aliphatic rings. The minimum atomic E-state index is -1.13. The van der Waals surface area contributed by atoms with Gasteiger partial charge in [-0.1, -0.05) is 13.3 Å². The van der Waals surface area contributed by atoms with E-state index >= 15 is 0 Å². The Hall–Kier alpha value is -1.30. The van der Waals surface area contributed by atoms with E-state index < -0.39 is 18.1 Å². The molecule has 14 heavy (non-hydrogen) atoms. The third kappa shape index (κ3) is 6.24. The number of hydrogen-bond donors (Lipinski definition) is 3. The van der Waals surface area contributed by atoms with E-state index in [-0.39, 0.29) is 0 Å². The van der Waals surface area contributed by atoms with E-state index in [1.165, 1.54) is 6.92 Å². The average molecular weight is 204 g/mol. The highest BCUT2D eigenvalue weighted by Crippen LogP contribution is 1.86. The number of amides is 2. The predicted octanol–water partition coefficient (Wildman–Crippen LogP) is 0.490. The number of carbonyl (C=O) groups is 2. The number of carboxylic acid groups (broad SMARTS) is 1. The molecule has 0 fully saturated rings. The summed E-state index contributed by atoms with van der Waals surface area (Å²) in [5.41, 5.74) is 1.99. The summed E-state index contributed by atoms with van der Waals surface area (Å²) in [5.74, 6) is -1.13. The van der Waals surface area contributed by atoms with Gasteiger partial charge < -0.3 is 10.4 Å². The smallest absolute Gasteiger partial charge is 0.338 e. The van der Waals surface area contributed by atoms with Crippen molar-refractivity contribution in [3.8, 4) is 0 Å². The van der Waals surface area contributed by atoms with E-state index in [9.17, 15) is 9.59 Å². The van der Waals surface area contributed by atoms with Crippen LogP contribution in [0.25, 0.3) is 0 Å². The van der Waals surface area contributed by atoms with Gasteiger partial charge in [0.25, 0.3) is 0 Å². The highest BCUT2D eigenvalue weighted by molar-refractivity contribution is 5.74. The number of hydroxylamine groups is 1. The number of carbonyl (C=O) groups excluding carboxylic acids is 1. The minimum Gasteiger partial charge on any atom is -0.479 e. The third-order valence-electron chi connectivity index (χ3n) is 1.49. The summed E-state index contributed by atoms with van der Waals surface area (Å²) in [6, 6.07) is -0.522.